The van der Waals surface area contributed by atoms with Crippen molar-refractivity contribution in [3.05, 3.63) is 47.4 Å². The molecule has 1 amide bonds. The normalized spacial score (nSPS) is 10.2. The molecule has 4 nitrogen and oxygen atoms in total. The van der Waals surface area contributed by atoms with Crippen molar-refractivity contribution in [1.29, 1.82) is 0 Å². The van der Waals surface area contributed by atoms with E-state index in [1.54, 1.807) is 18.2 Å². The molecule has 17 heavy (non-hydrogen) atoms. The Morgan fingerprint density at radius 3 is 2.71 bits per heavy atom. The Balaban J connectivity index is 1.95. The number of hydrogen-bond acceptors (Lipinski definition) is 2. The van der Waals surface area contributed by atoms with Crippen molar-refractivity contribution in [1.82, 2.24) is 10.2 Å². The van der Waals surface area contributed by atoms with E-state index in [1.165, 1.54) is 12.1 Å². The second kappa shape index (κ2) is 4.78. The summed E-state index contributed by atoms with van der Waals surface area (Å²) in [5, 5.41) is 9.28. The first-order valence-electron chi connectivity index (χ1n) is 5.20. The molecule has 0 atom stereocenters. The minimum atomic E-state index is -0.308. The summed E-state index contributed by atoms with van der Waals surface area (Å²) in [4.78, 5) is 11.6. The fraction of sp³-hybridized carbons (Fsp3) is 0.167. The Morgan fingerprint density at radius 1 is 1.41 bits per heavy atom. The number of benzene rings is 1. The number of halogens is 1. The zero-order chi connectivity index (χ0) is 12.3. The Hall–Kier alpha value is -2.17. The van der Waals surface area contributed by atoms with Gasteiger partial charge in [-0.25, -0.2) is 4.39 Å². The fourth-order valence-corrected chi connectivity index (χ4v) is 1.46. The van der Waals surface area contributed by atoms with E-state index < -0.39 is 0 Å². The third-order valence-corrected chi connectivity index (χ3v) is 2.25. The van der Waals surface area contributed by atoms with Crippen molar-refractivity contribution in [3.63, 3.8) is 0 Å². The fourth-order valence-electron chi connectivity index (χ4n) is 1.46. The Labute approximate surface area is 97.9 Å². The molecule has 2 rings (SSSR count). The van der Waals surface area contributed by atoms with Gasteiger partial charge in [-0.2, -0.15) is 5.10 Å². The summed E-state index contributed by atoms with van der Waals surface area (Å²) in [5.41, 5.74) is 1.64. The number of hydrogen-bond donors (Lipinski definition) is 2. The number of aromatic amines is 1. The van der Waals surface area contributed by atoms with E-state index in [0.29, 0.717) is 5.82 Å². The molecular weight excluding hydrogens is 221 g/mol. The van der Waals surface area contributed by atoms with Gasteiger partial charge in [0.25, 0.3) is 0 Å². The van der Waals surface area contributed by atoms with Gasteiger partial charge < -0.3 is 5.32 Å². The lowest BCUT2D eigenvalue weighted by atomic mass is 10.1. The van der Waals surface area contributed by atoms with Crippen LogP contribution in [0.1, 0.15) is 11.3 Å². The number of aryl methyl sites for hydroxylation is 1. The van der Waals surface area contributed by atoms with Crippen molar-refractivity contribution in [2.45, 2.75) is 13.3 Å². The molecule has 0 radical (unpaired) electrons. The topological polar surface area (TPSA) is 57.8 Å². The number of anilines is 1. The van der Waals surface area contributed by atoms with Crippen molar-refractivity contribution >= 4 is 11.7 Å². The summed E-state index contributed by atoms with van der Waals surface area (Å²) in [6, 6.07) is 7.58. The number of carbonyl (C=O) groups excluding carboxylic acids is 1. The van der Waals surface area contributed by atoms with Gasteiger partial charge in [0.15, 0.2) is 5.82 Å². The van der Waals surface area contributed by atoms with Crippen molar-refractivity contribution in [2.75, 3.05) is 5.32 Å². The van der Waals surface area contributed by atoms with E-state index in [2.05, 4.69) is 15.5 Å². The van der Waals surface area contributed by atoms with Gasteiger partial charge in [-0.15, -0.1) is 0 Å². The summed E-state index contributed by atoms with van der Waals surface area (Å²) >= 11 is 0. The molecule has 0 spiro atoms. The number of nitrogens with zero attached hydrogens (tertiary/aromatic N) is 1. The van der Waals surface area contributed by atoms with E-state index in [9.17, 15) is 9.18 Å². The van der Waals surface area contributed by atoms with Crippen LogP contribution in [0, 0.1) is 12.7 Å². The standard InChI is InChI=1S/C12H12FN3O/c1-8-6-11(16-15-8)14-12(17)7-9-2-4-10(13)5-3-9/h2-6H,7H2,1H3,(H2,14,15,16,17). The van der Waals surface area contributed by atoms with E-state index in [4.69, 9.17) is 0 Å². The van der Waals surface area contributed by atoms with E-state index in [0.717, 1.165) is 11.3 Å². The van der Waals surface area contributed by atoms with Gasteiger partial charge in [0.2, 0.25) is 5.91 Å². The van der Waals surface area contributed by atoms with Crippen LogP contribution in [-0.4, -0.2) is 16.1 Å². The maximum Gasteiger partial charge on any atom is 0.229 e. The molecule has 88 valence electrons. The second-order valence-electron chi connectivity index (χ2n) is 3.79. The largest absolute Gasteiger partial charge is 0.309 e. The first-order valence-corrected chi connectivity index (χ1v) is 5.20. The molecule has 2 aromatic rings. The minimum absolute atomic E-state index is 0.178. The summed E-state index contributed by atoms with van der Waals surface area (Å²) in [7, 11) is 0. The highest BCUT2D eigenvalue weighted by Gasteiger charge is 2.06. The average Bonchev–Trinajstić information content (AvgIpc) is 2.67. The molecule has 0 saturated heterocycles. The van der Waals surface area contributed by atoms with Gasteiger partial charge in [-0.3, -0.25) is 9.89 Å². The zero-order valence-electron chi connectivity index (χ0n) is 9.33. The van der Waals surface area contributed by atoms with Crippen LogP contribution in [0.4, 0.5) is 10.2 Å². The number of rotatable bonds is 3. The molecular formula is C12H12FN3O. The van der Waals surface area contributed by atoms with Crippen molar-refractivity contribution in [3.8, 4) is 0 Å². The highest BCUT2D eigenvalue weighted by Crippen LogP contribution is 2.07. The van der Waals surface area contributed by atoms with Crippen molar-refractivity contribution in [2.24, 2.45) is 0 Å². The predicted octanol–water partition coefficient (Wildman–Crippen LogP) is 2.04. The Kier molecular flexibility index (Phi) is 3.18. The molecule has 5 heteroatoms. The van der Waals surface area contributed by atoms with Crippen LogP contribution in [0.15, 0.2) is 30.3 Å². The molecule has 1 aromatic carbocycles. The quantitative estimate of drug-likeness (QED) is 0.852. The third kappa shape index (κ3) is 3.14. The Morgan fingerprint density at radius 2 is 2.12 bits per heavy atom. The number of carbonyl (C=O) groups is 1. The number of amides is 1. The predicted molar refractivity (Wildman–Crippen MR) is 62.1 cm³/mol. The smallest absolute Gasteiger partial charge is 0.229 e. The molecule has 0 bridgehead atoms. The maximum absolute atomic E-state index is 12.7. The van der Waals surface area contributed by atoms with Gasteiger partial charge in [-0.05, 0) is 24.6 Å². The van der Waals surface area contributed by atoms with Crippen LogP contribution in [0.2, 0.25) is 0 Å². The lowest BCUT2D eigenvalue weighted by Crippen LogP contribution is -2.14. The Bertz CT molecular complexity index is 519. The summed E-state index contributed by atoms with van der Waals surface area (Å²) in [5.74, 6) is 0.00908. The van der Waals surface area contributed by atoms with Crippen LogP contribution >= 0.6 is 0 Å². The van der Waals surface area contributed by atoms with Gasteiger partial charge in [0.1, 0.15) is 5.82 Å². The zero-order valence-corrected chi connectivity index (χ0v) is 9.33. The molecule has 0 aliphatic rings. The van der Waals surface area contributed by atoms with Crippen LogP contribution in [0.5, 0.6) is 0 Å². The second-order valence-corrected chi connectivity index (χ2v) is 3.79. The highest BCUT2D eigenvalue weighted by atomic mass is 19.1. The number of H-pyrrole nitrogens is 1. The molecule has 0 unspecified atom stereocenters. The summed E-state index contributed by atoms with van der Waals surface area (Å²) < 4.78 is 12.7. The maximum atomic E-state index is 12.7. The highest BCUT2D eigenvalue weighted by molar-refractivity contribution is 5.91. The molecule has 0 saturated carbocycles. The minimum Gasteiger partial charge on any atom is -0.309 e. The summed E-state index contributed by atoms with van der Waals surface area (Å²) in [6.45, 7) is 1.85. The molecule has 2 N–H and O–H groups in total. The van der Waals surface area contributed by atoms with Crippen LogP contribution in [0.25, 0.3) is 0 Å². The van der Waals surface area contributed by atoms with Gasteiger partial charge in [0.05, 0.1) is 6.42 Å². The van der Waals surface area contributed by atoms with Gasteiger partial charge in [0, 0.05) is 11.8 Å². The number of aromatic nitrogens is 2. The van der Waals surface area contributed by atoms with E-state index in [-0.39, 0.29) is 18.1 Å². The number of nitrogens with one attached hydrogen (secondary N) is 2. The molecule has 1 heterocycles. The molecule has 0 aliphatic carbocycles. The summed E-state index contributed by atoms with van der Waals surface area (Å²) in [6.07, 6.45) is 0.201. The average molecular weight is 233 g/mol. The first-order chi connectivity index (χ1) is 8.13. The first kappa shape index (κ1) is 11.3. The van der Waals surface area contributed by atoms with Crippen LogP contribution < -0.4 is 5.32 Å². The molecule has 0 fully saturated rings. The molecule has 0 aliphatic heterocycles. The van der Waals surface area contributed by atoms with E-state index >= 15 is 0 Å². The monoisotopic (exact) mass is 233 g/mol. The lowest BCUT2D eigenvalue weighted by molar-refractivity contribution is -0.115. The SMILES string of the molecule is Cc1cc(NC(=O)Cc2ccc(F)cc2)n[nH]1. The van der Waals surface area contributed by atoms with Crippen LogP contribution in [-0.2, 0) is 11.2 Å². The van der Waals surface area contributed by atoms with Crippen LogP contribution in [0.3, 0.4) is 0 Å². The lowest BCUT2D eigenvalue weighted by Gasteiger charge is -2.01. The van der Waals surface area contributed by atoms with Gasteiger partial charge in [-0.1, -0.05) is 12.1 Å². The molecule has 1 aromatic heterocycles. The van der Waals surface area contributed by atoms with Gasteiger partial charge >= 0.3 is 0 Å². The van der Waals surface area contributed by atoms with E-state index in [1.807, 2.05) is 6.92 Å². The van der Waals surface area contributed by atoms with Crippen molar-refractivity contribution < 1.29 is 9.18 Å². The third-order valence-electron chi connectivity index (χ3n) is 2.25.